The molecule has 14 heteroatoms. The topological polar surface area (TPSA) is 0 Å². The lowest BCUT2D eigenvalue weighted by atomic mass is 10.0. The quantitative estimate of drug-likeness (QED) is 0.402. The van der Waals surface area contributed by atoms with Crippen molar-refractivity contribution in [2.75, 3.05) is 0 Å². The van der Waals surface area contributed by atoms with Gasteiger partial charge in [0.2, 0.25) is 0 Å². The summed E-state index contributed by atoms with van der Waals surface area (Å²) in [6.07, 6.45) is -26.8. The van der Waals surface area contributed by atoms with Crippen LogP contribution in [0, 0.1) is 0 Å². The van der Waals surface area contributed by atoms with Crippen molar-refractivity contribution in [1.29, 1.82) is 0 Å². The van der Waals surface area contributed by atoms with Crippen molar-refractivity contribution in [3.63, 3.8) is 0 Å². The van der Waals surface area contributed by atoms with Crippen LogP contribution in [0.4, 0.5) is 52.7 Å². The molecule has 0 spiro atoms. The third-order valence-corrected chi connectivity index (χ3v) is 3.06. The first-order valence-electron chi connectivity index (χ1n) is 4.15. The predicted octanol–water partition coefficient (Wildman–Crippen LogP) is 5.71. The number of hydrogen-bond acceptors (Lipinski definition) is 0. The average molecular weight is 383 g/mol. The van der Waals surface area contributed by atoms with Gasteiger partial charge in [0.25, 0.3) is 4.87 Å². The Hall–Kier alpha value is -0.520. The minimum atomic E-state index is -6.77. The van der Waals surface area contributed by atoms with Crippen LogP contribution >= 0.6 is 23.2 Å². The molecule has 0 radical (unpaired) electrons. The van der Waals surface area contributed by atoms with E-state index >= 15 is 0 Å². The van der Waals surface area contributed by atoms with Crippen molar-refractivity contribution >= 4 is 23.2 Å². The van der Waals surface area contributed by atoms with Gasteiger partial charge < -0.3 is 0 Å². The number of halogens is 14. The van der Waals surface area contributed by atoms with Gasteiger partial charge in [0.15, 0.2) is 5.57 Å². The highest BCUT2D eigenvalue weighted by atomic mass is 35.5. The predicted molar refractivity (Wildman–Crippen MR) is 45.7 cm³/mol. The highest BCUT2D eigenvalue weighted by molar-refractivity contribution is 6.40. The largest absolute Gasteiger partial charge is 0.422 e. The summed E-state index contributed by atoms with van der Waals surface area (Å²) in [5.41, 5.74) is -4.19. The molecule has 0 atom stereocenters. The van der Waals surface area contributed by atoms with Gasteiger partial charge in [0.05, 0.1) is 5.03 Å². The first kappa shape index (κ1) is 20.5. The van der Waals surface area contributed by atoms with Crippen molar-refractivity contribution in [1.82, 2.24) is 0 Å². The molecule has 0 saturated heterocycles. The summed E-state index contributed by atoms with van der Waals surface area (Å²) in [5.74, 6) is 0. The minimum Gasteiger partial charge on any atom is -0.168 e. The number of hydrogen-bond donors (Lipinski definition) is 0. The lowest BCUT2D eigenvalue weighted by Crippen LogP contribution is -2.54. The van der Waals surface area contributed by atoms with Crippen LogP contribution in [0.1, 0.15) is 0 Å². The summed E-state index contributed by atoms with van der Waals surface area (Å²) < 4.78 is 146. The molecule has 21 heavy (non-hydrogen) atoms. The molecule has 0 aromatic heterocycles. The lowest BCUT2D eigenvalue weighted by Gasteiger charge is -2.33. The van der Waals surface area contributed by atoms with Crippen molar-refractivity contribution in [2.45, 2.75) is 29.6 Å². The zero-order valence-electron chi connectivity index (χ0n) is 8.79. The number of rotatable bonds is 1. The van der Waals surface area contributed by atoms with Crippen molar-refractivity contribution in [3.8, 4) is 0 Å². The molecule has 0 fully saturated rings. The van der Waals surface area contributed by atoms with Gasteiger partial charge in [0.1, 0.15) is 0 Å². The smallest absolute Gasteiger partial charge is 0.168 e. The van der Waals surface area contributed by atoms with Gasteiger partial charge in [-0.05, 0) is 0 Å². The van der Waals surface area contributed by atoms with Crippen LogP contribution in [0.3, 0.4) is 0 Å². The highest BCUT2D eigenvalue weighted by Gasteiger charge is 2.75. The third-order valence-electron chi connectivity index (χ3n) is 1.87. The fourth-order valence-corrected chi connectivity index (χ4v) is 1.51. The standard InChI is InChI=1S/C7Cl2F12/c8-2(1(4(10,11)12)5(13,14)15)3(9,6(16,17)18)7(19,20)21. The van der Waals surface area contributed by atoms with E-state index in [4.69, 9.17) is 0 Å². The van der Waals surface area contributed by atoms with Crippen LogP contribution in [0.15, 0.2) is 10.6 Å². The van der Waals surface area contributed by atoms with Crippen LogP contribution < -0.4 is 0 Å². The SMILES string of the molecule is FC(F)(F)C(=C(Cl)C(Cl)(C(F)(F)F)C(F)(F)F)C(F)(F)F. The fraction of sp³-hybridized carbons (Fsp3) is 0.714. The maximum atomic E-state index is 12.3. The van der Waals surface area contributed by atoms with Gasteiger partial charge in [-0.3, -0.25) is 0 Å². The Labute approximate surface area is 117 Å². The maximum absolute atomic E-state index is 12.3. The molecular formula is C7Cl2F12. The Bertz CT molecular complexity index is 389. The molecule has 0 aliphatic heterocycles. The van der Waals surface area contributed by atoms with E-state index < -0.39 is 40.2 Å². The van der Waals surface area contributed by atoms with E-state index in [1.54, 1.807) is 0 Å². The van der Waals surface area contributed by atoms with E-state index in [1.165, 1.54) is 0 Å². The second kappa shape index (κ2) is 5.28. The van der Waals surface area contributed by atoms with Gasteiger partial charge in [0, 0.05) is 0 Å². The average Bonchev–Trinajstić information content (AvgIpc) is 2.07. The van der Waals surface area contributed by atoms with Gasteiger partial charge in [-0.2, -0.15) is 52.7 Å². The van der Waals surface area contributed by atoms with E-state index in [0.29, 0.717) is 0 Å². The molecule has 0 aromatic rings. The van der Waals surface area contributed by atoms with Crippen molar-refractivity contribution < 1.29 is 52.7 Å². The van der Waals surface area contributed by atoms with Crippen LogP contribution in [-0.4, -0.2) is 29.6 Å². The van der Waals surface area contributed by atoms with E-state index in [9.17, 15) is 52.7 Å². The molecule has 0 rings (SSSR count). The molecular weight excluding hydrogens is 383 g/mol. The van der Waals surface area contributed by atoms with E-state index in [1.807, 2.05) is 0 Å². The van der Waals surface area contributed by atoms with Crippen LogP contribution in [0.2, 0.25) is 0 Å². The van der Waals surface area contributed by atoms with Crippen LogP contribution in [0.5, 0.6) is 0 Å². The van der Waals surface area contributed by atoms with E-state index in [0.717, 1.165) is 0 Å². The Balaban J connectivity index is 6.73. The summed E-state index contributed by atoms with van der Waals surface area (Å²) in [4.78, 5) is -6.05. The Morgan fingerprint density at radius 2 is 0.810 bits per heavy atom. The Kier molecular flexibility index (Phi) is 5.15. The third kappa shape index (κ3) is 3.82. The van der Waals surface area contributed by atoms with Crippen molar-refractivity contribution in [3.05, 3.63) is 10.6 Å². The molecule has 0 aliphatic carbocycles. The Morgan fingerprint density at radius 1 is 0.571 bits per heavy atom. The molecule has 0 saturated carbocycles. The molecule has 0 amide bonds. The van der Waals surface area contributed by atoms with E-state index in [2.05, 4.69) is 23.2 Å². The summed E-state index contributed by atoms with van der Waals surface area (Å²) >= 11 is 8.17. The maximum Gasteiger partial charge on any atom is 0.422 e. The van der Waals surface area contributed by atoms with Gasteiger partial charge in [-0.1, -0.05) is 23.2 Å². The normalized spacial score (nSPS) is 15.1. The van der Waals surface area contributed by atoms with Gasteiger partial charge >= 0.3 is 24.7 Å². The summed E-state index contributed by atoms with van der Waals surface area (Å²) in [5, 5.41) is -3.68. The van der Waals surface area contributed by atoms with Crippen molar-refractivity contribution in [2.24, 2.45) is 0 Å². The fourth-order valence-electron chi connectivity index (χ4n) is 0.991. The summed E-state index contributed by atoms with van der Waals surface area (Å²) in [6.45, 7) is 0. The van der Waals surface area contributed by atoms with Gasteiger partial charge in [-0.15, -0.1) is 0 Å². The van der Waals surface area contributed by atoms with Crippen LogP contribution in [0.25, 0.3) is 0 Å². The lowest BCUT2D eigenvalue weighted by molar-refractivity contribution is -0.256. The second-order valence-electron chi connectivity index (χ2n) is 3.34. The zero-order chi connectivity index (χ0) is 17.7. The van der Waals surface area contributed by atoms with E-state index in [-0.39, 0.29) is 0 Å². The number of alkyl halides is 13. The number of allylic oxidation sites excluding steroid dienone is 2. The molecule has 0 bridgehead atoms. The molecule has 0 aliphatic rings. The van der Waals surface area contributed by atoms with Crippen LogP contribution in [-0.2, 0) is 0 Å². The first-order chi connectivity index (χ1) is 8.78. The Morgan fingerprint density at radius 3 is 0.952 bits per heavy atom. The summed E-state index contributed by atoms with van der Waals surface area (Å²) in [7, 11) is 0. The summed E-state index contributed by atoms with van der Waals surface area (Å²) in [6, 6.07) is 0. The molecule has 0 aromatic carbocycles. The second-order valence-corrected chi connectivity index (χ2v) is 4.28. The molecule has 0 N–H and O–H groups in total. The highest BCUT2D eigenvalue weighted by Crippen LogP contribution is 2.57. The first-order valence-corrected chi connectivity index (χ1v) is 4.90. The molecule has 126 valence electrons. The minimum absolute atomic E-state index is 3.68. The molecule has 0 heterocycles. The monoisotopic (exact) mass is 382 g/mol. The molecule has 0 nitrogen and oxygen atoms in total. The van der Waals surface area contributed by atoms with Gasteiger partial charge in [-0.25, -0.2) is 0 Å². The molecule has 0 unspecified atom stereocenters. The zero-order valence-corrected chi connectivity index (χ0v) is 10.3.